The second-order valence-electron chi connectivity index (χ2n) is 4.30. The van der Waals surface area contributed by atoms with Crippen molar-refractivity contribution >= 4 is 23.2 Å². The summed E-state index contributed by atoms with van der Waals surface area (Å²) in [6.45, 7) is 0.292. The highest BCUT2D eigenvalue weighted by molar-refractivity contribution is 6.35. The number of hydrogen-bond donors (Lipinski definition) is 1. The summed E-state index contributed by atoms with van der Waals surface area (Å²) in [6, 6.07) is 6.14. The highest BCUT2D eigenvalue weighted by Crippen LogP contribution is 2.32. The lowest BCUT2D eigenvalue weighted by Gasteiger charge is -2.12. The normalized spacial score (nSPS) is 13.5. The lowest BCUT2D eigenvalue weighted by Crippen LogP contribution is -2.19. The van der Waals surface area contributed by atoms with Crippen LogP contribution in [-0.4, -0.2) is 15.8 Å². The Hall–Kier alpha value is -1.17. The van der Waals surface area contributed by atoms with E-state index in [1.165, 1.54) is 23.0 Å². The van der Waals surface area contributed by atoms with E-state index in [0.29, 0.717) is 16.6 Å². The van der Waals surface area contributed by atoms with Crippen LogP contribution < -0.4 is 0 Å². The molecule has 0 bridgehead atoms. The number of nitrogens with zero attached hydrogens (tertiary/aromatic N) is 1. The van der Waals surface area contributed by atoms with Crippen LogP contribution in [0.5, 0.6) is 0 Å². The molecule has 1 heterocycles. The van der Waals surface area contributed by atoms with Crippen LogP contribution in [0.15, 0.2) is 36.7 Å². The first-order chi connectivity index (χ1) is 9.27. The van der Waals surface area contributed by atoms with Crippen molar-refractivity contribution in [2.24, 2.45) is 0 Å². The van der Waals surface area contributed by atoms with Crippen LogP contribution in [0.3, 0.4) is 0 Å². The Balaban J connectivity index is 2.18. The van der Waals surface area contributed by atoms with E-state index in [2.05, 4.69) is 0 Å². The highest BCUT2D eigenvalue weighted by atomic mass is 35.5. The second kappa shape index (κ2) is 5.68. The summed E-state index contributed by atoms with van der Waals surface area (Å²) < 4.78 is 38.7. The van der Waals surface area contributed by atoms with Crippen LogP contribution in [0.2, 0.25) is 10.0 Å². The van der Waals surface area contributed by atoms with Gasteiger partial charge in [0.25, 0.3) is 0 Å². The monoisotopic (exact) mass is 323 g/mol. The van der Waals surface area contributed by atoms with E-state index in [9.17, 15) is 13.2 Å². The molecule has 0 radical (unpaired) electrons. The Morgan fingerprint density at radius 2 is 1.90 bits per heavy atom. The van der Waals surface area contributed by atoms with Gasteiger partial charge in [0, 0.05) is 34.5 Å². The minimum atomic E-state index is -4.68. The van der Waals surface area contributed by atoms with E-state index < -0.39 is 12.3 Å². The van der Waals surface area contributed by atoms with Crippen molar-refractivity contribution in [3.63, 3.8) is 0 Å². The molecule has 108 valence electrons. The Labute approximate surface area is 123 Å². The molecule has 1 unspecified atom stereocenters. The molecule has 0 aliphatic rings. The summed E-state index contributed by atoms with van der Waals surface area (Å²) >= 11 is 11.8. The van der Waals surface area contributed by atoms with Crippen LogP contribution in [-0.2, 0) is 6.54 Å². The van der Waals surface area contributed by atoms with E-state index in [-0.39, 0.29) is 5.56 Å². The van der Waals surface area contributed by atoms with Crippen molar-refractivity contribution in [3.05, 3.63) is 57.8 Å². The third-order valence-corrected chi connectivity index (χ3v) is 3.35. The maximum atomic E-state index is 12.4. The lowest BCUT2D eigenvalue weighted by molar-refractivity contribution is -0.206. The van der Waals surface area contributed by atoms with Gasteiger partial charge in [-0.1, -0.05) is 29.3 Å². The van der Waals surface area contributed by atoms with Gasteiger partial charge in [0.15, 0.2) is 6.10 Å². The van der Waals surface area contributed by atoms with Gasteiger partial charge < -0.3 is 9.67 Å². The minimum Gasteiger partial charge on any atom is -0.379 e. The third-order valence-electron chi connectivity index (χ3n) is 2.77. The molecule has 1 aromatic carbocycles. The van der Waals surface area contributed by atoms with E-state index in [0.717, 1.165) is 5.56 Å². The highest BCUT2D eigenvalue weighted by Gasteiger charge is 2.39. The second-order valence-corrected chi connectivity index (χ2v) is 5.14. The summed E-state index contributed by atoms with van der Waals surface area (Å²) in [4.78, 5) is 0. The van der Waals surface area contributed by atoms with E-state index in [4.69, 9.17) is 28.3 Å². The van der Waals surface area contributed by atoms with Gasteiger partial charge in [0.2, 0.25) is 0 Å². The van der Waals surface area contributed by atoms with Crippen molar-refractivity contribution in [1.82, 2.24) is 4.57 Å². The molecule has 0 spiro atoms. The number of hydrogen-bond acceptors (Lipinski definition) is 1. The average Bonchev–Trinajstić information content (AvgIpc) is 2.79. The zero-order valence-electron chi connectivity index (χ0n) is 10.0. The van der Waals surface area contributed by atoms with Crippen LogP contribution in [0.25, 0.3) is 0 Å². The maximum Gasteiger partial charge on any atom is 0.418 e. The van der Waals surface area contributed by atoms with Crippen molar-refractivity contribution < 1.29 is 18.3 Å². The summed E-state index contributed by atoms with van der Waals surface area (Å²) in [5.41, 5.74) is 0.516. The number of aliphatic hydroxyl groups excluding tert-OH is 1. The van der Waals surface area contributed by atoms with Gasteiger partial charge in [-0.2, -0.15) is 13.2 Å². The molecule has 7 heteroatoms. The largest absolute Gasteiger partial charge is 0.418 e. The third kappa shape index (κ3) is 3.48. The molecule has 20 heavy (non-hydrogen) atoms. The molecule has 0 aliphatic carbocycles. The Morgan fingerprint density at radius 1 is 1.20 bits per heavy atom. The molecule has 2 nitrogen and oxygen atoms in total. The van der Waals surface area contributed by atoms with Crippen LogP contribution in [0.4, 0.5) is 13.2 Å². The number of rotatable bonds is 3. The fourth-order valence-corrected chi connectivity index (χ4v) is 2.22. The van der Waals surface area contributed by atoms with E-state index in [1.807, 2.05) is 0 Å². The van der Waals surface area contributed by atoms with Gasteiger partial charge in [-0.05, 0) is 23.8 Å². The molecule has 1 N–H and O–H groups in total. The van der Waals surface area contributed by atoms with Gasteiger partial charge in [-0.25, -0.2) is 0 Å². The first-order valence-electron chi connectivity index (χ1n) is 5.62. The predicted molar refractivity (Wildman–Crippen MR) is 71.0 cm³/mol. The van der Waals surface area contributed by atoms with Gasteiger partial charge in [0.05, 0.1) is 0 Å². The van der Waals surface area contributed by atoms with Gasteiger partial charge in [-0.3, -0.25) is 0 Å². The summed E-state index contributed by atoms with van der Waals surface area (Å²) in [6.07, 6.45) is -4.47. The summed E-state index contributed by atoms with van der Waals surface area (Å²) in [5, 5.41) is 10.1. The van der Waals surface area contributed by atoms with Crippen molar-refractivity contribution in [1.29, 1.82) is 0 Å². The van der Waals surface area contributed by atoms with Gasteiger partial charge >= 0.3 is 6.18 Å². The molecule has 0 saturated heterocycles. The number of aliphatic hydroxyl groups is 1. The molecule has 0 aliphatic heterocycles. The molecule has 1 atom stereocenters. The summed E-state index contributed by atoms with van der Waals surface area (Å²) in [7, 11) is 0. The predicted octanol–water partition coefficient (Wildman–Crippen LogP) is 4.44. The molecule has 0 saturated carbocycles. The van der Waals surface area contributed by atoms with E-state index in [1.54, 1.807) is 18.2 Å². The van der Waals surface area contributed by atoms with Crippen LogP contribution >= 0.6 is 23.2 Å². The topological polar surface area (TPSA) is 25.2 Å². The molecule has 1 aromatic heterocycles. The number of alkyl halides is 3. The zero-order valence-corrected chi connectivity index (χ0v) is 11.5. The van der Waals surface area contributed by atoms with Crippen molar-refractivity contribution in [2.45, 2.75) is 18.8 Å². The van der Waals surface area contributed by atoms with Crippen molar-refractivity contribution in [3.8, 4) is 0 Å². The Morgan fingerprint density at radius 3 is 2.50 bits per heavy atom. The minimum absolute atomic E-state index is 0.206. The van der Waals surface area contributed by atoms with Crippen molar-refractivity contribution in [2.75, 3.05) is 0 Å². The first kappa shape index (κ1) is 15.2. The summed E-state index contributed by atoms with van der Waals surface area (Å²) in [5.74, 6) is 0. The lowest BCUT2D eigenvalue weighted by atomic mass is 10.2. The van der Waals surface area contributed by atoms with Crippen LogP contribution in [0.1, 0.15) is 17.2 Å². The van der Waals surface area contributed by atoms with Gasteiger partial charge in [-0.15, -0.1) is 0 Å². The quantitative estimate of drug-likeness (QED) is 0.887. The smallest absolute Gasteiger partial charge is 0.379 e. The molecule has 0 fully saturated rings. The Bertz CT molecular complexity index is 610. The molecule has 0 amide bonds. The number of halogens is 5. The Kier molecular flexibility index (Phi) is 4.32. The fourth-order valence-electron chi connectivity index (χ4n) is 1.76. The molecular formula is C13H10Cl2F3NO. The van der Waals surface area contributed by atoms with Crippen LogP contribution in [0, 0.1) is 0 Å². The maximum absolute atomic E-state index is 12.4. The fraction of sp³-hybridized carbons (Fsp3) is 0.231. The average molecular weight is 324 g/mol. The standard InChI is InChI=1S/C13H10Cl2F3NO/c14-10-2-1-8(11(15)5-10)6-19-4-3-9(7-19)12(20)13(16,17)18/h1-5,7,12,20H,6H2. The molecule has 2 aromatic rings. The number of benzene rings is 1. The van der Waals surface area contributed by atoms with Gasteiger partial charge in [0.1, 0.15) is 0 Å². The molecule has 2 rings (SSSR count). The zero-order chi connectivity index (χ0) is 14.9. The SMILES string of the molecule is OC(c1ccn(Cc2ccc(Cl)cc2Cl)c1)C(F)(F)F. The first-order valence-corrected chi connectivity index (χ1v) is 6.37. The molecular weight excluding hydrogens is 314 g/mol. The van der Waals surface area contributed by atoms with E-state index >= 15 is 0 Å². The number of aromatic nitrogens is 1.